The minimum atomic E-state index is -0.305. The van der Waals surface area contributed by atoms with Crippen molar-refractivity contribution in [1.82, 2.24) is 0 Å². The highest BCUT2D eigenvalue weighted by Crippen LogP contribution is 2.30. The van der Waals surface area contributed by atoms with Gasteiger partial charge in [0, 0.05) is 11.6 Å². The number of aryl methyl sites for hydroxylation is 2. The molecule has 0 aliphatic rings. The normalized spacial score (nSPS) is 12.3. The maximum absolute atomic E-state index is 13.3. The van der Waals surface area contributed by atoms with Crippen molar-refractivity contribution in [2.45, 2.75) is 26.8 Å². The summed E-state index contributed by atoms with van der Waals surface area (Å²) in [6.07, 6.45) is 0. The van der Waals surface area contributed by atoms with Gasteiger partial charge in [-0.1, -0.05) is 6.07 Å². The van der Waals surface area contributed by atoms with Crippen LogP contribution >= 0.6 is 0 Å². The first kappa shape index (κ1) is 13.6. The van der Waals surface area contributed by atoms with E-state index in [1.807, 2.05) is 32.9 Å². The molecule has 2 rings (SSSR count). The topological polar surface area (TPSA) is 35.2 Å². The molecule has 0 spiro atoms. The van der Waals surface area contributed by atoms with Crippen molar-refractivity contribution in [3.8, 4) is 11.5 Å². The molecule has 0 aliphatic carbocycles. The summed E-state index contributed by atoms with van der Waals surface area (Å²) in [5, 5.41) is 0. The van der Waals surface area contributed by atoms with Gasteiger partial charge in [-0.05, 0) is 62.2 Å². The van der Waals surface area contributed by atoms with Crippen LogP contribution in [0.1, 0.15) is 29.7 Å². The van der Waals surface area contributed by atoms with Gasteiger partial charge in [0.25, 0.3) is 0 Å². The first-order valence-corrected chi connectivity index (χ1v) is 6.27. The molecule has 2 aromatic rings. The first-order chi connectivity index (χ1) is 8.95. The van der Waals surface area contributed by atoms with E-state index in [1.165, 1.54) is 12.1 Å². The Balaban J connectivity index is 2.37. The van der Waals surface area contributed by atoms with Crippen LogP contribution in [-0.4, -0.2) is 0 Å². The zero-order chi connectivity index (χ0) is 14.0. The van der Waals surface area contributed by atoms with E-state index in [-0.39, 0.29) is 11.9 Å². The molecule has 0 radical (unpaired) electrons. The van der Waals surface area contributed by atoms with Crippen molar-refractivity contribution < 1.29 is 9.13 Å². The average Bonchev–Trinajstić information content (AvgIpc) is 2.30. The SMILES string of the molecule is Cc1cc(C)cc(Oc2ccc(F)cc2C(C)N)c1. The monoisotopic (exact) mass is 259 g/mol. The Hall–Kier alpha value is -1.87. The van der Waals surface area contributed by atoms with Gasteiger partial charge in [0.1, 0.15) is 17.3 Å². The third-order valence-electron chi connectivity index (χ3n) is 2.89. The van der Waals surface area contributed by atoms with E-state index < -0.39 is 0 Å². The zero-order valence-electron chi connectivity index (χ0n) is 11.4. The van der Waals surface area contributed by atoms with Crippen LogP contribution in [-0.2, 0) is 0 Å². The highest BCUT2D eigenvalue weighted by atomic mass is 19.1. The van der Waals surface area contributed by atoms with Gasteiger partial charge in [-0.2, -0.15) is 0 Å². The lowest BCUT2D eigenvalue weighted by Gasteiger charge is -2.14. The second-order valence-corrected chi connectivity index (χ2v) is 4.90. The molecule has 2 nitrogen and oxygen atoms in total. The van der Waals surface area contributed by atoms with Crippen LogP contribution in [0.25, 0.3) is 0 Å². The van der Waals surface area contributed by atoms with Crippen molar-refractivity contribution in [2.24, 2.45) is 5.73 Å². The number of hydrogen-bond acceptors (Lipinski definition) is 2. The number of benzene rings is 2. The fraction of sp³-hybridized carbons (Fsp3) is 0.250. The lowest BCUT2D eigenvalue weighted by Crippen LogP contribution is -2.07. The Morgan fingerprint density at radius 2 is 1.68 bits per heavy atom. The molecule has 0 bridgehead atoms. The minimum Gasteiger partial charge on any atom is -0.457 e. The number of ether oxygens (including phenoxy) is 1. The van der Waals surface area contributed by atoms with Crippen LogP contribution in [0.5, 0.6) is 11.5 Å². The molecule has 3 heteroatoms. The minimum absolute atomic E-state index is 0.281. The molecule has 2 aromatic carbocycles. The predicted molar refractivity (Wildman–Crippen MR) is 75.0 cm³/mol. The van der Waals surface area contributed by atoms with Crippen LogP contribution in [0, 0.1) is 19.7 Å². The second kappa shape index (κ2) is 5.41. The van der Waals surface area contributed by atoms with E-state index in [0.717, 1.165) is 16.9 Å². The van der Waals surface area contributed by atoms with E-state index in [9.17, 15) is 4.39 Å². The van der Waals surface area contributed by atoms with E-state index in [4.69, 9.17) is 10.5 Å². The number of hydrogen-bond donors (Lipinski definition) is 1. The highest BCUT2D eigenvalue weighted by molar-refractivity contribution is 5.41. The van der Waals surface area contributed by atoms with Crippen molar-refractivity contribution in [3.05, 3.63) is 58.9 Å². The molecular weight excluding hydrogens is 241 g/mol. The molecule has 100 valence electrons. The van der Waals surface area contributed by atoms with Crippen LogP contribution in [0.4, 0.5) is 4.39 Å². The first-order valence-electron chi connectivity index (χ1n) is 6.27. The fourth-order valence-electron chi connectivity index (χ4n) is 2.09. The Morgan fingerprint density at radius 1 is 1.05 bits per heavy atom. The third-order valence-corrected chi connectivity index (χ3v) is 2.89. The summed E-state index contributed by atoms with van der Waals surface area (Å²) < 4.78 is 19.1. The van der Waals surface area contributed by atoms with Crippen molar-refractivity contribution in [2.75, 3.05) is 0 Å². The average molecular weight is 259 g/mol. The van der Waals surface area contributed by atoms with Gasteiger partial charge in [-0.3, -0.25) is 0 Å². The molecular formula is C16H18FNO. The quantitative estimate of drug-likeness (QED) is 0.894. The molecule has 0 aliphatic heterocycles. The summed E-state index contributed by atoms with van der Waals surface area (Å²) in [7, 11) is 0. The Labute approximate surface area is 113 Å². The lowest BCUT2D eigenvalue weighted by atomic mass is 10.1. The van der Waals surface area contributed by atoms with Gasteiger partial charge >= 0.3 is 0 Å². The van der Waals surface area contributed by atoms with Gasteiger partial charge in [-0.15, -0.1) is 0 Å². The van der Waals surface area contributed by atoms with Crippen LogP contribution < -0.4 is 10.5 Å². The molecule has 1 unspecified atom stereocenters. The van der Waals surface area contributed by atoms with E-state index in [1.54, 1.807) is 6.07 Å². The zero-order valence-corrected chi connectivity index (χ0v) is 11.4. The Kier molecular flexibility index (Phi) is 3.86. The summed E-state index contributed by atoms with van der Waals surface area (Å²) in [4.78, 5) is 0. The number of rotatable bonds is 3. The third kappa shape index (κ3) is 3.32. The van der Waals surface area contributed by atoms with Crippen molar-refractivity contribution in [3.63, 3.8) is 0 Å². The molecule has 0 amide bonds. The number of nitrogens with two attached hydrogens (primary N) is 1. The molecule has 2 N–H and O–H groups in total. The van der Waals surface area contributed by atoms with Gasteiger partial charge in [0.2, 0.25) is 0 Å². The van der Waals surface area contributed by atoms with Gasteiger partial charge in [0.05, 0.1) is 0 Å². The predicted octanol–water partition coefficient (Wildman–Crippen LogP) is 4.25. The molecule has 0 fully saturated rings. The number of halogens is 1. The van der Waals surface area contributed by atoms with Crippen LogP contribution in [0.3, 0.4) is 0 Å². The van der Waals surface area contributed by atoms with E-state index in [2.05, 4.69) is 6.07 Å². The summed E-state index contributed by atoms with van der Waals surface area (Å²) in [6, 6.07) is 10.1. The molecule has 0 aromatic heterocycles. The van der Waals surface area contributed by atoms with Crippen LogP contribution in [0.2, 0.25) is 0 Å². The maximum Gasteiger partial charge on any atom is 0.132 e. The Bertz CT molecular complexity index is 573. The lowest BCUT2D eigenvalue weighted by molar-refractivity contribution is 0.468. The standard InChI is InChI=1S/C16H18FNO/c1-10-6-11(2)8-14(7-10)19-16-5-4-13(17)9-15(16)12(3)18/h4-9,12H,18H2,1-3H3. The summed E-state index contributed by atoms with van der Waals surface area (Å²) in [5.74, 6) is 1.03. The molecule has 0 heterocycles. The summed E-state index contributed by atoms with van der Waals surface area (Å²) in [6.45, 7) is 5.83. The van der Waals surface area contributed by atoms with Gasteiger partial charge in [0.15, 0.2) is 0 Å². The van der Waals surface area contributed by atoms with Crippen LogP contribution in [0.15, 0.2) is 36.4 Å². The maximum atomic E-state index is 13.3. The van der Waals surface area contributed by atoms with Crippen molar-refractivity contribution in [1.29, 1.82) is 0 Å². The van der Waals surface area contributed by atoms with E-state index >= 15 is 0 Å². The Morgan fingerprint density at radius 3 is 2.26 bits per heavy atom. The molecule has 0 saturated carbocycles. The summed E-state index contributed by atoms with van der Waals surface area (Å²) in [5.41, 5.74) is 8.77. The van der Waals surface area contributed by atoms with Crippen molar-refractivity contribution >= 4 is 0 Å². The highest BCUT2D eigenvalue weighted by Gasteiger charge is 2.10. The summed E-state index contributed by atoms with van der Waals surface area (Å²) >= 11 is 0. The van der Waals surface area contributed by atoms with Gasteiger partial charge < -0.3 is 10.5 Å². The fourth-order valence-corrected chi connectivity index (χ4v) is 2.09. The molecule has 0 saturated heterocycles. The molecule has 19 heavy (non-hydrogen) atoms. The van der Waals surface area contributed by atoms with E-state index in [0.29, 0.717) is 11.3 Å². The largest absolute Gasteiger partial charge is 0.457 e. The molecule has 1 atom stereocenters. The second-order valence-electron chi connectivity index (χ2n) is 4.90. The smallest absolute Gasteiger partial charge is 0.132 e. The van der Waals surface area contributed by atoms with Gasteiger partial charge in [-0.25, -0.2) is 4.39 Å².